The van der Waals surface area contributed by atoms with Gasteiger partial charge in [0.15, 0.2) is 5.78 Å². The highest BCUT2D eigenvalue weighted by molar-refractivity contribution is 6.04. The molecular formula is C17H17NO2. The highest BCUT2D eigenvalue weighted by Crippen LogP contribution is 2.33. The minimum absolute atomic E-state index is 0.199. The molecule has 1 unspecified atom stereocenters. The molecular weight excluding hydrogens is 250 g/mol. The van der Waals surface area contributed by atoms with E-state index in [0.29, 0.717) is 12.3 Å². The summed E-state index contributed by atoms with van der Waals surface area (Å²) in [5.74, 6) is 1.37. The Morgan fingerprint density at radius 1 is 1.25 bits per heavy atom. The van der Waals surface area contributed by atoms with E-state index in [0.717, 1.165) is 34.6 Å². The third-order valence-corrected chi connectivity index (χ3v) is 3.76. The lowest BCUT2D eigenvalue weighted by atomic mass is 9.83. The molecule has 0 radical (unpaired) electrons. The molecule has 1 aliphatic carbocycles. The highest BCUT2D eigenvalue weighted by atomic mass is 16.5. The van der Waals surface area contributed by atoms with Crippen LogP contribution < -0.4 is 4.74 Å². The van der Waals surface area contributed by atoms with Crippen molar-refractivity contribution in [3.8, 4) is 16.9 Å². The van der Waals surface area contributed by atoms with E-state index in [1.54, 1.807) is 13.3 Å². The Morgan fingerprint density at radius 3 is 2.90 bits per heavy atom. The summed E-state index contributed by atoms with van der Waals surface area (Å²) in [5.41, 5.74) is 3.68. The second-order valence-corrected chi connectivity index (χ2v) is 5.35. The average Bonchev–Trinajstić information content (AvgIpc) is 2.46. The van der Waals surface area contributed by atoms with Crippen LogP contribution in [-0.4, -0.2) is 17.9 Å². The van der Waals surface area contributed by atoms with Gasteiger partial charge in [0.05, 0.1) is 12.8 Å². The maximum absolute atomic E-state index is 12.4. The summed E-state index contributed by atoms with van der Waals surface area (Å²) in [6.45, 7) is 2.10. The monoisotopic (exact) mass is 267 g/mol. The number of benzene rings is 1. The van der Waals surface area contributed by atoms with E-state index < -0.39 is 0 Å². The van der Waals surface area contributed by atoms with Gasteiger partial charge in [-0.15, -0.1) is 0 Å². The van der Waals surface area contributed by atoms with Gasteiger partial charge in [-0.1, -0.05) is 19.1 Å². The molecule has 0 bridgehead atoms. The van der Waals surface area contributed by atoms with Crippen molar-refractivity contribution < 1.29 is 9.53 Å². The first-order valence-corrected chi connectivity index (χ1v) is 6.84. The minimum atomic E-state index is 0.199. The fourth-order valence-corrected chi connectivity index (χ4v) is 2.82. The number of hydrogen-bond acceptors (Lipinski definition) is 3. The SMILES string of the molecule is COc1cccc(-c2ccnc3c2C(=O)CC(C)C3)c1. The van der Waals surface area contributed by atoms with Crippen molar-refractivity contribution >= 4 is 5.78 Å². The number of Topliss-reactive ketones (excluding diaryl/α,β-unsaturated/α-hetero) is 1. The Balaban J connectivity index is 2.15. The molecule has 3 nitrogen and oxygen atoms in total. The van der Waals surface area contributed by atoms with E-state index in [4.69, 9.17) is 4.74 Å². The molecule has 20 heavy (non-hydrogen) atoms. The largest absolute Gasteiger partial charge is 0.497 e. The number of aromatic nitrogens is 1. The number of methoxy groups -OCH3 is 1. The van der Waals surface area contributed by atoms with E-state index in [1.807, 2.05) is 30.3 Å². The molecule has 0 amide bonds. The Kier molecular flexibility index (Phi) is 3.26. The Bertz CT molecular complexity index is 664. The zero-order valence-electron chi connectivity index (χ0n) is 11.7. The van der Waals surface area contributed by atoms with Crippen LogP contribution in [0.4, 0.5) is 0 Å². The van der Waals surface area contributed by atoms with Gasteiger partial charge in [-0.25, -0.2) is 0 Å². The quantitative estimate of drug-likeness (QED) is 0.835. The maximum atomic E-state index is 12.4. The number of fused-ring (bicyclic) bond motifs is 1. The van der Waals surface area contributed by atoms with Gasteiger partial charge < -0.3 is 4.74 Å². The van der Waals surface area contributed by atoms with Crippen molar-refractivity contribution in [1.82, 2.24) is 4.98 Å². The van der Waals surface area contributed by atoms with Crippen LogP contribution in [0, 0.1) is 5.92 Å². The Morgan fingerprint density at radius 2 is 2.10 bits per heavy atom. The van der Waals surface area contributed by atoms with Gasteiger partial charge in [-0.05, 0) is 41.7 Å². The van der Waals surface area contributed by atoms with E-state index in [9.17, 15) is 4.79 Å². The first-order chi connectivity index (χ1) is 9.69. The molecule has 1 heterocycles. The zero-order chi connectivity index (χ0) is 14.1. The topological polar surface area (TPSA) is 39.2 Å². The molecule has 0 N–H and O–H groups in total. The van der Waals surface area contributed by atoms with Crippen molar-refractivity contribution in [1.29, 1.82) is 0 Å². The highest BCUT2D eigenvalue weighted by Gasteiger charge is 2.26. The van der Waals surface area contributed by atoms with Gasteiger partial charge in [0.1, 0.15) is 5.75 Å². The van der Waals surface area contributed by atoms with E-state index in [2.05, 4.69) is 11.9 Å². The van der Waals surface area contributed by atoms with Gasteiger partial charge >= 0.3 is 0 Å². The van der Waals surface area contributed by atoms with Crippen molar-refractivity contribution in [3.63, 3.8) is 0 Å². The molecule has 3 rings (SSSR count). The summed E-state index contributed by atoms with van der Waals surface area (Å²) in [7, 11) is 1.65. The number of nitrogens with zero attached hydrogens (tertiary/aromatic N) is 1. The van der Waals surface area contributed by atoms with Gasteiger partial charge in [0.25, 0.3) is 0 Å². The van der Waals surface area contributed by atoms with Crippen LogP contribution >= 0.6 is 0 Å². The summed E-state index contributed by atoms with van der Waals surface area (Å²) in [4.78, 5) is 16.8. The molecule has 0 aliphatic heterocycles. The number of rotatable bonds is 2. The molecule has 1 atom stereocenters. The standard InChI is InChI=1S/C17H17NO2/c1-11-8-15-17(16(19)9-11)14(6-7-18-15)12-4-3-5-13(10-12)20-2/h3-7,10-11H,8-9H2,1-2H3. The van der Waals surface area contributed by atoms with Crippen molar-refractivity contribution in [2.75, 3.05) is 7.11 Å². The number of carbonyl (C=O) groups is 1. The molecule has 102 valence electrons. The normalized spacial score (nSPS) is 17.7. The van der Waals surface area contributed by atoms with Crippen LogP contribution in [0.25, 0.3) is 11.1 Å². The molecule has 1 aromatic heterocycles. The van der Waals surface area contributed by atoms with Gasteiger partial charge in [0, 0.05) is 18.2 Å². The van der Waals surface area contributed by atoms with Gasteiger partial charge in [-0.3, -0.25) is 9.78 Å². The predicted octanol–water partition coefficient (Wildman–Crippen LogP) is 3.52. The van der Waals surface area contributed by atoms with Crippen LogP contribution in [0.3, 0.4) is 0 Å². The molecule has 0 saturated heterocycles. The van der Waals surface area contributed by atoms with E-state index in [1.165, 1.54) is 0 Å². The molecule has 0 fully saturated rings. The smallest absolute Gasteiger partial charge is 0.165 e. The maximum Gasteiger partial charge on any atom is 0.165 e. The number of hydrogen-bond donors (Lipinski definition) is 0. The Hall–Kier alpha value is -2.16. The molecule has 2 aromatic rings. The minimum Gasteiger partial charge on any atom is -0.497 e. The Labute approximate surface area is 118 Å². The first kappa shape index (κ1) is 12.9. The fourth-order valence-electron chi connectivity index (χ4n) is 2.82. The van der Waals surface area contributed by atoms with E-state index in [-0.39, 0.29) is 5.78 Å². The predicted molar refractivity (Wildman–Crippen MR) is 78.0 cm³/mol. The summed E-state index contributed by atoms with van der Waals surface area (Å²) >= 11 is 0. The molecule has 1 aliphatic rings. The lowest BCUT2D eigenvalue weighted by Crippen LogP contribution is -2.20. The average molecular weight is 267 g/mol. The molecule has 0 spiro atoms. The van der Waals surface area contributed by atoms with Crippen LogP contribution in [0.15, 0.2) is 36.5 Å². The first-order valence-electron chi connectivity index (χ1n) is 6.84. The van der Waals surface area contributed by atoms with Crippen LogP contribution in [0.2, 0.25) is 0 Å². The van der Waals surface area contributed by atoms with Crippen molar-refractivity contribution in [3.05, 3.63) is 47.8 Å². The third-order valence-electron chi connectivity index (χ3n) is 3.76. The van der Waals surface area contributed by atoms with Gasteiger partial charge in [0.2, 0.25) is 0 Å². The lowest BCUT2D eigenvalue weighted by molar-refractivity contribution is 0.0953. The van der Waals surface area contributed by atoms with Gasteiger partial charge in [-0.2, -0.15) is 0 Å². The lowest BCUT2D eigenvalue weighted by Gasteiger charge is -2.22. The van der Waals surface area contributed by atoms with Crippen molar-refractivity contribution in [2.24, 2.45) is 5.92 Å². The molecule has 3 heteroatoms. The summed E-state index contributed by atoms with van der Waals surface area (Å²) in [5, 5.41) is 0. The number of ether oxygens (including phenoxy) is 1. The second-order valence-electron chi connectivity index (χ2n) is 5.35. The van der Waals surface area contributed by atoms with Crippen LogP contribution in [0.5, 0.6) is 5.75 Å². The van der Waals surface area contributed by atoms with Crippen LogP contribution in [-0.2, 0) is 6.42 Å². The van der Waals surface area contributed by atoms with E-state index >= 15 is 0 Å². The van der Waals surface area contributed by atoms with Crippen molar-refractivity contribution in [2.45, 2.75) is 19.8 Å². The summed E-state index contributed by atoms with van der Waals surface area (Å²) in [6, 6.07) is 9.73. The fraction of sp³-hybridized carbons (Fsp3) is 0.294. The molecule has 1 aromatic carbocycles. The number of carbonyl (C=O) groups excluding carboxylic acids is 1. The summed E-state index contributed by atoms with van der Waals surface area (Å²) in [6.07, 6.45) is 3.27. The molecule has 0 saturated carbocycles. The number of pyridine rings is 1. The number of ketones is 1. The van der Waals surface area contributed by atoms with Crippen LogP contribution in [0.1, 0.15) is 29.4 Å². The summed E-state index contributed by atoms with van der Waals surface area (Å²) < 4.78 is 5.26. The second kappa shape index (κ2) is 5.08. The zero-order valence-corrected chi connectivity index (χ0v) is 11.7. The third kappa shape index (κ3) is 2.20.